The summed E-state index contributed by atoms with van der Waals surface area (Å²) < 4.78 is 0. The van der Waals surface area contributed by atoms with Crippen LogP contribution < -0.4 is 5.32 Å². The Hall–Kier alpha value is -1.32. The van der Waals surface area contributed by atoms with E-state index in [9.17, 15) is 0 Å². The monoisotopic (exact) mass is 272 g/mol. The van der Waals surface area contributed by atoms with E-state index in [0.717, 1.165) is 5.75 Å². The Morgan fingerprint density at radius 3 is 2.47 bits per heavy atom. The first-order valence-corrected chi connectivity index (χ1v) is 7.46. The summed E-state index contributed by atoms with van der Waals surface area (Å²) in [6.45, 7) is 4.19. The predicted octanol–water partition coefficient (Wildman–Crippen LogP) is 3.75. The van der Waals surface area contributed by atoms with Crippen LogP contribution in [0.25, 0.3) is 0 Å². The van der Waals surface area contributed by atoms with Crippen LogP contribution in [-0.2, 0) is 0 Å². The lowest BCUT2D eigenvalue weighted by Crippen LogP contribution is -2.19. The molecule has 0 aliphatic rings. The molecule has 1 N–H and O–H groups in total. The third-order valence-electron chi connectivity index (χ3n) is 3.08. The van der Waals surface area contributed by atoms with E-state index >= 15 is 0 Å². The highest BCUT2D eigenvalue weighted by molar-refractivity contribution is 7.99. The van der Waals surface area contributed by atoms with Crippen molar-refractivity contribution in [1.29, 1.82) is 0 Å². The van der Waals surface area contributed by atoms with Gasteiger partial charge in [-0.15, -0.1) is 11.8 Å². The number of benzene rings is 1. The molecule has 0 amide bonds. The van der Waals surface area contributed by atoms with Gasteiger partial charge in [-0.1, -0.05) is 23.8 Å². The van der Waals surface area contributed by atoms with Crippen LogP contribution in [0.15, 0.2) is 47.6 Å². The number of aromatic nitrogens is 1. The first-order chi connectivity index (χ1) is 9.19. The molecule has 0 fully saturated rings. The molecule has 1 aromatic heterocycles. The minimum atomic E-state index is 0.332. The zero-order chi connectivity index (χ0) is 13.7. The van der Waals surface area contributed by atoms with Crippen molar-refractivity contribution in [3.8, 4) is 0 Å². The van der Waals surface area contributed by atoms with Crippen molar-refractivity contribution in [3.05, 3.63) is 59.4 Å². The lowest BCUT2D eigenvalue weighted by molar-refractivity contribution is 0.658. The second-order valence-electron chi connectivity index (χ2n) is 4.76. The molecule has 19 heavy (non-hydrogen) atoms. The van der Waals surface area contributed by atoms with Gasteiger partial charge in [0.1, 0.15) is 0 Å². The minimum Gasteiger partial charge on any atom is -0.312 e. The van der Waals surface area contributed by atoms with Gasteiger partial charge in [0.15, 0.2) is 0 Å². The average molecular weight is 272 g/mol. The van der Waals surface area contributed by atoms with Crippen molar-refractivity contribution in [2.75, 3.05) is 12.8 Å². The van der Waals surface area contributed by atoms with Crippen molar-refractivity contribution in [1.82, 2.24) is 10.3 Å². The summed E-state index contributed by atoms with van der Waals surface area (Å²) in [5.74, 6) is 1.00. The van der Waals surface area contributed by atoms with Gasteiger partial charge in [-0.05, 0) is 44.2 Å². The average Bonchev–Trinajstić information content (AvgIpc) is 2.42. The van der Waals surface area contributed by atoms with E-state index in [1.54, 1.807) is 0 Å². The molecule has 100 valence electrons. The smallest absolute Gasteiger partial charge is 0.0428 e. The number of nitrogens with zero attached hydrogens (tertiary/aromatic N) is 1. The summed E-state index contributed by atoms with van der Waals surface area (Å²) in [6.07, 6.45) is 3.84. The Balaban J connectivity index is 2.01. The van der Waals surface area contributed by atoms with E-state index in [1.165, 1.54) is 21.6 Å². The zero-order valence-corrected chi connectivity index (χ0v) is 12.5. The molecule has 1 aromatic carbocycles. The lowest BCUT2D eigenvalue weighted by atomic mass is 10.1. The molecule has 3 heteroatoms. The van der Waals surface area contributed by atoms with Gasteiger partial charge in [0.2, 0.25) is 0 Å². The highest BCUT2D eigenvalue weighted by Crippen LogP contribution is 2.24. The predicted molar refractivity (Wildman–Crippen MR) is 82.7 cm³/mol. The van der Waals surface area contributed by atoms with Crippen molar-refractivity contribution in [3.63, 3.8) is 0 Å². The summed E-state index contributed by atoms with van der Waals surface area (Å²) in [5.41, 5.74) is 3.76. The summed E-state index contributed by atoms with van der Waals surface area (Å²) in [4.78, 5) is 5.58. The number of rotatable bonds is 5. The lowest BCUT2D eigenvalue weighted by Gasteiger charge is -2.16. The topological polar surface area (TPSA) is 24.9 Å². The molecule has 0 spiro atoms. The molecule has 0 aliphatic carbocycles. The highest BCUT2D eigenvalue weighted by Gasteiger charge is 2.10. The van der Waals surface area contributed by atoms with E-state index < -0.39 is 0 Å². The van der Waals surface area contributed by atoms with Crippen LogP contribution >= 0.6 is 11.8 Å². The number of nitrogens with one attached hydrogen (secondary N) is 1. The van der Waals surface area contributed by atoms with Crippen LogP contribution in [0.1, 0.15) is 22.7 Å². The highest BCUT2D eigenvalue weighted by atomic mass is 32.2. The SMILES string of the molecule is CNC(CSc1ccc(C)cc1)c1cncc(C)c1. The fourth-order valence-electron chi connectivity index (χ4n) is 1.93. The van der Waals surface area contributed by atoms with Crippen LogP contribution in [0.3, 0.4) is 0 Å². The van der Waals surface area contributed by atoms with E-state index in [-0.39, 0.29) is 0 Å². The second kappa shape index (κ2) is 6.73. The molecular weight excluding hydrogens is 252 g/mol. The number of pyridine rings is 1. The van der Waals surface area contributed by atoms with Crippen LogP contribution in [0, 0.1) is 13.8 Å². The Morgan fingerprint density at radius 1 is 1.11 bits per heavy atom. The third kappa shape index (κ3) is 4.08. The Labute approximate surface area is 119 Å². The molecule has 0 saturated carbocycles. The Bertz CT molecular complexity index is 523. The van der Waals surface area contributed by atoms with Gasteiger partial charge in [0.25, 0.3) is 0 Å². The molecule has 2 rings (SSSR count). The van der Waals surface area contributed by atoms with Crippen molar-refractivity contribution in [2.24, 2.45) is 0 Å². The van der Waals surface area contributed by atoms with Crippen LogP contribution in [0.4, 0.5) is 0 Å². The fourth-order valence-corrected chi connectivity index (χ4v) is 2.98. The minimum absolute atomic E-state index is 0.332. The maximum atomic E-state index is 4.27. The van der Waals surface area contributed by atoms with Crippen LogP contribution in [-0.4, -0.2) is 17.8 Å². The van der Waals surface area contributed by atoms with Crippen LogP contribution in [0.5, 0.6) is 0 Å². The quantitative estimate of drug-likeness (QED) is 0.839. The number of aryl methyl sites for hydroxylation is 2. The first-order valence-electron chi connectivity index (χ1n) is 6.47. The maximum absolute atomic E-state index is 4.27. The summed E-state index contributed by atoms with van der Waals surface area (Å²) in [5, 5.41) is 3.37. The van der Waals surface area contributed by atoms with E-state index in [2.05, 4.69) is 54.5 Å². The molecular formula is C16H20N2S. The molecule has 0 aliphatic heterocycles. The Morgan fingerprint density at radius 2 is 1.84 bits per heavy atom. The van der Waals surface area contributed by atoms with Crippen molar-refractivity contribution < 1.29 is 0 Å². The van der Waals surface area contributed by atoms with Crippen molar-refractivity contribution in [2.45, 2.75) is 24.8 Å². The number of thioether (sulfide) groups is 1. The normalized spacial score (nSPS) is 12.4. The van der Waals surface area contributed by atoms with Gasteiger partial charge < -0.3 is 5.32 Å². The number of hydrogen-bond donors (Lipinski definition) is 1. The van der Waals surface area contributed by atoms with Gasteiger partial charge in [-0.3, -0.25) is 4.98 Å². The van der Waals surface area contributed by atoms with E-state index in [4.69, 9.17) is 0 Å². The molecule has 0 radical (unpaired) electrons. The molecule has 1 atom stereocenters. The zero-order valence-electron chi connectivity index (χ0n) is 11.7. The number of hydrogen-bond acceptors (Lipinski definition) is 3. The Kier molecular flexibility index (Phi) is 5.00. The van der Waals surface area contributed by atoms with E-state index in [1.807, 2.05) is 31.2 Å². The fraction of sp³-hybridized carbons (Fsp3) is 0.312. The van der Waals surface area contributed by atoms with Gasteiger partial charge in [0, 0.05) is 29.1 Å². The second-order valence-corrected chi connectivity index (χ2v) is 5.85. The third-order valence-corrected chi connectivity index (χ3v) is 4.19. The molecule has 2 aromatic rings. The van der Waals surface area contributed by atoms with E-state index in [0.29, 0.717) is 6.04 Å². The molecule has 1 unspecified atom stereocenters. The van der Waals surface area contributed by atoms with Gasteiger partial charge in [-0.25, -0.2) is 0 Å². The van der Waals surface area contributed by atoms with Gasteiger partial charge >= 0.3 is 0 Å². The molecule has 1 heterocycles. The summed E-state index contributed by atoms with van der Waals surface area (Å²) in [6, 6.07) is 11.2. The largest absolute Gasteiger partial charge is 0.312 e. The maximum Gasteiger partial charge on any atom is 0.0428 e. The first kappa shape index (κ1) is 14.1. The van der Waals surface area contributed by atoms with Crippen molar-refractivity contribution >= 4 is 11.8 Å². The molecule has 2 nitrogen and oxygen atoms in total. The van der Waals surface area contributed by atoms with Gasteiger partial charge in [-0.2, -0.15) is 0 Å². The van der Waals surface area contributed by atoms with Crippen LogP contribution in [0.2, 0.25) is 0 Å². The molecule has 0 bridgehead atoms. The summed E-state index contributed by atoms with van der Waals surface area (Å²) in [7, 11) is 2.00. The summed E-state index contributed by atoms with van der Waals surface area (Å²) >= 11 is 1.87. The molecule has 0 saturated heterocycles. The standard InChI is InChI=1S/C16H20N2S/c1-12-4-6-15(7-5-12)19-11-16(17-3)14-8-13(2)9-18-10-14/h4-10,16-17H,11H2,1-3H3. The van der Waals surface area contributed by atoms with Gasteiger partial charge in [0.05, 0.1) is 0 Å².